The molecule has 1 aliphatic rings. The van der Waals surface area contributed by atoms with Crippen molar-refractivity contribution in [2.45, 2.75) is 18.9 Å². The van der Waals surface area contributed by atoms with Crippen LogP contribution < -0.4 is 4.74 Å². The van der Waals surface area contributed by atoms with Gasteiger partial charge in [-0.05, 0) is 30.3 Å². The number of ether oxygens (including phenoxy) is 1. The smallest absolute Gasteiger partial charge is 0.253 e. The third-order valence-corrected chi connectivity index (χ3v) is 3.99. The first-order valence-corrected chi connectivity index (χ1v) is 7.72. The van der Waals surface area contributed by atoms with E-state index in [4.69, 9.17) is 16.3 Å². The molecule has 0 atom stereocenters. The minimum atomic E-state index is 0.0589. The number of carbonyl (C=O) groups is 1. The van der Waals surface area contributed by atoms with Crippen LogP contribution in [0.2, 0.25) is 5.02 Å². The maximum absolute atomic E-state index is 12.3. The van der Waals surface area contributed by atoms with Crippen molar-refractivity contribution in [3.8, 4) is 5.75 Å². The van der Waals surface area contributed by atoms with Crippen molar-refractivity contribution in [1.29, 1.82) is 0 Å². The van der Waals surface area contributed by atoms with Crippen molar-refractivity contribution in [3.05, 3.63) is 59.4 Å². The molecule has 1 fully saturated rings. The van der Waals surface area contributed by atoms with Gasteiger partial charge in [0.15, 0.2) is 0 Å². The minimum Gasteiger partial charge on any atom is -0.490 e. The molecule has 22 heavy (non-hydrogen) atoms. The van der Waals surface area contributed by atoms with Gasteiger partial charge in [-0.1, -0.05) is 17.7 Å². The first kappa shape index (κ1) is 14.9. The molecule has 4 nitrogen and oxygen atoms in total. The highest BCUT2D eigenvalue weighted by Gasteiger charge is 2.24. The fraction of sp³-hybridized carbons (Fsp3) is 0.294. The largest absolute Gasteiger partial charge is 0.490 e. The van der Waals surface area contributed by atoms with Crippen molar-refractivity contribution >= 4 is 17.5 Å². The van der Waals surface area contributed by atoms with E-state index >= 15 is 0 Å². The molecule has 1 aromatic heterocycles. The normalized spacial score (nSPS) is 15.6. The lowest BCUT2D eigenvalue weighted by Gasteiger charge is -2.32. The van der Waals surface area contributed by atoms with E-state index in [9.17, 15) is 4.79 Å². The molecule has 3 rings (SSSR count). The van der Waals surface area contributed by atoms with Crippen LogP contribution in [-0.4, -0.2) is 35.0 Å². The highest BCUT2D eigenvalue weighted by molar-refractivity contribution is 6.30. The molecule has 5 heteroatoms. The molecule has 0 unspecified atom stereocenters. The summed E-state index contributed by atoms with van der Waals surface area (Å²) in [5.74, 6) is 0.843. The highest BCUT2D eigenvalue weighted by atomic mass is 35.5. The molecule has 0 radical (unpaired) electrons. The number of piperidine rings is 1. The van der Waals surface area contributed by atoms with Gasteiger partial charge in [0.2, 0.25) is 0 Å². The topological polar surface area (TPSA) is 42.4 Å². The van der Waals surface area contributed by atoms with Crippen LogP contribution in [0.5, 0.6) is 5.75 Å². The molecule has 0 spiro atoms. The van der Waals surface area contributed by atoms with Gasteiger partial charge in [-0.25, -0.2) is 0 Å². The summed E-state index contributed by atoms with van der Waals surface area (Å²) in [6, 6.07) is 10.9. The molecular weight excluding hydrogens is 300 g/mol. The summed E-state index contributed by atoms with van der Waals surface area (Å²) in [7, 11) is 0. The van der Waals surface area contributed by atoms with Crippen LogP contribution in [-0.2, 0) is 0 Å². The van der Waals surface area contributed by atoms with Gasteiger partial charge in [0, 0.05) is 48.9 Å². The molecule has 2 heterocycles. The zero-order valence-electron chi connectivity index (χ0n) is 12.1. The average molecular weight is 317 g/mol. The Labute approximate surface area is 134 Å². The number of likely N-dealkylation sites (tertiary alicyclic amines) is 1. The SMILES string of the molecule is O=C(c1ccncc1)N1CCC(Oc2cccc(Cl)c2)CC1. The molecule has 1 saturated heterocycles. The highest BCUT2D eigenvalue weighted by Crippen LogP contribution is 2.22. The Hall–Kier alpha value is -2.07. The second kappa shape index (κ2) is 6.79. The molecule has 2 aromatic rings. The van der Waals surface area contributed by atoms with Gasteiger partial charge in [0.25, 0.3) is 5.91 Å². The Bertz CT molecular complexity index is 640. The first-order chi connectivity index (χ1) is 10.7. The molecule has 114 valence electrons. The maximum Gasteiger partial charge on any atom is 0.253 e. The Morgan fingerprint density at radius 1 is 1.18 bits per heavy atom. The number of rotatable bonds is 3. The van der Waals surface area contributed by atoms with Crippen molar-refractivity contribution in [2.75, 3.05) is 13.1 Å². The summed E-state index contributed by atoms with van der Waals surface area (Å²) in [6.45, 7) is 1.40. The Balaban J connectivity index is 1.55. The van der Waals surface area contributed by atoms with Gasteiger partial charge in [-0.3, -0.25) is 9.78 Å². The fourth-order valence-corrected chi connectivity index (χ4v) is 2.77. The summed E-state index contributed by atoms with van der Waals surface area (Å²) in [4.78, 5) is 18.2. The van der Waals surface area contributed by atoms with E-state index in [1.165, 1.54) is 0 Å². The van der Waals surface area contributed by atoms with E-state index in [0.29, 0.717) is 23.7 Å². The van der Waals surface area contributed by atoms with Crippen molar-refractivity contribution in [1.82, 2.24) is 9.88 Å². The zero-order chi connectivity index (χ0) is 15.4. The number of benzene rings is 1. The van der Waals surface area contributed by atoms with Gasteiger partial charge in [0.1, 0.15) is 11.9 Å². The predicted octanol–water partition coefficient (Wildman–Crippen LogP) is 3.42. The third-order valence-electron chi connectivity index (χ3n) is 3.76. The number of hydrogen-bond donors (Lipinski definition) is 0. The van der Waals surface area contributed by atoms with Gasteiger partial charge >= 0.3 is 0 Å². The number of amides is 1. The van der Waals surface area contributed by atoms with E-state index in [2.05, 4.69) is 4.98 Å². The number of aromatic nitrogens is 1. The minimum absolute atomic E-state index is 0.0589. The second-order valence-corrected chi connectivity index (χ2v) is 5.74. The lowest BCUT2D eigenvalue weighted by Crippen LogP contribution is -2.41. The second-order valence-electron chi connectivity index (χ2n) is 5.30. The van der Waals surface area contributed by atoms with E-state index in [1.807, 2.05) is 29.2 Å². The molecule has 1 amide bonds. The zero-order valence-corrected chi connectivity index (χ0v) is 12.9. The molecule has 0 aliphatic carbocycles. The molecule has 0 saturated carbocycles. The predicted molar refractivity (Wildman–Crippen MR) is 85.2 cm³/mol. The molecule has 0 N–H and O–H groups in total. The molecule has 0 bridgehead atoms. The summed E-state index contributed by atoms with van der Waals surface area (Å²) in [5, 5.41) is 0.669. The molecular formula is C17H17ClN2O2. The molecule has 1 aromatic carbocycles. The lowest BCUT2D eigenvalue weighted by atomic mass is 10.1. The number of carbonyl (C=O) groups excluding carboxylic acids is 1. The van der Waals surface area contributed by atoms with Crippen molar-refractivity contribution in [2.24, 2.45) is 0 Å². The van der Waals surface area contributed by atoms with E-state index in [0.717, 1.165) is 18.6 Å². The number of halogens is 1. The van der Waals surface area contributed by atoms with E-state index in [-0.39, 0.29) is 12.0 Å². The third kappa shape index (κ3) is 3.57. The fourth-order valence-electron chi connectivity index (χ4n) is 2.59. The standard InChI is InChI=1S/C17H17ClN2O2/c18-14-2-1-3-16(12-14)22-15-6-10-20(11-7-15)17(21)13-4-8-19-9-5-13/h1-5,8-9,12,15H,6-7,10-11H2. The average Bonchev–Trinajstić information content (AvgIpc) is 2.56. The van der Waals surface area contributed by atoms with E-state index in [1.54, 1.807) is 24.5 Å². The van der Waals surface area contributed by atoms with Crippen LogP contribution >= 0.6 is 11.6 Å². The number of hydrogen-bond acceptors (Lipinski definition) is 3. The van der Waals surface area contributed by atoms with Crippen molar-refractivity contribution in [3.63, 3.8) is 0 Å². The Morgan fingerprint density at radius 2 is 1.91 bits per heavy atom. The summed E-state index contributed by atoms with van der Waals surface area (Å²) in [5.41, 5.74) is 0.684. The Kier molecular flexibility index (Phi) is 4.59. The summed E-state index contributed by atoms with van der Waals surface area (Å²) >= 11 is 5.96. The summed E-state index contributed by atoms with van der Waals surface area (Å²) in [6.07, 6.45) is 5.05. The Morgan fingerprint density at radius 3 is 2.59 bits per heavy atom. The lowest BCUT2D eigenvalue weighted by molar-refractivity contribution is 0.0595. The van der Waals surface area contributed by atoms with Gasteiger partial charge < -0.3 is 9.64 Å². The van der Waals surface area contributed by atoms with Gasteiger partial charge in [-0.2, -0.15) is 0 Å². The van der Waals surface area contributed by atoms with E-state index < -0.39 is 0 Å². The van der Waals surface area contributed by atoms with Gasteiger partial charge in [-0.15, -0.1) is 0 Å². The monoisotopic (exact) mass is 316 g/mol. The first-order valence-electron chi connectivity index (χ1n) is 7.34. The molecule has 1 aliphatic heterocycles. The van der Waals surface area contributed by atoms with Gasteiger partial charge in [0.05, 0.1) is 0 Å². The summed E-state index contributed by atoms with van der Waals surface area (Å²) < 4.78 is 5.94. The quantitative estimate of drug-likeness (QED) is 0.871. The van der Waals surface area contributed by atoms with Crippen LogP contribution in [0, 0.1) is 0 Å². The van der Waals surface area contributed by atoms with Crippen LogP contribution in [0.4, 0.5) is 0 Å². The van der Waals surface area contributed by atoms with Crippen LogP contribution in [0.15, 0.2) is 48.8 Å². The number of pyridine rings is 1. The van der Waals surface area contributed by atoms with Crippen LogP contribution in [0.3, 0.4) is 0 Å². The maximum atomic E-state index is 12.3. The van der Waals surface area contributed by atoms with Crippen LogP contribution in [0.1, 0.15) is 23.2 Å². The van der Waals surface area contributed by atoms with Crippen LogP contribution in [0.25, 0.3) is 0 Å². The number of nitrogens with zero attached hydrogens (tertiary/aromatic N) is 2. The van der Waals surface area contributed by atoms with Crippen molar-refractivity contribution < 1.29 is 9.53 Å².